The molecule has 7 heteroatoms. The molecule has 0 saturated carbocycles. The summed E-state index contributed by atoms with van der Waals surface area (Å²) in [6, 6.07) is 18.5. The van der Waals surface area contributed by atoms with Gasteiger partial charge in [-0.3, -0.25) is 0 Å². The van der Waals surface area contributed by atoms with E-state index in [9.17, 15) is 14.7 Å². The normalized spacial score (nSPS) is 23.7. The number of benzene rings is 2. The first kappa shape index (κ1) is 22.4. The number of methoxy groups -OCH3 is 1. The molecule has 7 nitrogen and oxygen atoms in total. The lowest BCUT2D eigenvalue weighted by molar-refractivity contribution is -0.269. The van der Waals surface area contributed by atoms with E-state index in [0.717, 1.165) is 11.1 Å². The molecule has 4 atom stereocenters. The first-order valence-corrected chi connectivity index (χ1v) is 9.77. The van der Waals surface area contributed by atoms with Crippen molar-refractivity contribution in [2.75, 3.05) is 13.7 Å². The quantitative estimate of drug-likeness (QED) is 0.540. The lowest BCUT2D eigenvalue weighted by Crippen LogP contribution is -2.56. The van der Waals surface area contributed by atoms with Gasteiger partial charge in [-0.1, -0.05) is 60.7 Å². The summed E-state index contributed by atoms with van der Waals surface area (Å²) in [6.45, 7) is -0.0987. The standard InChI is InChI=1S/C24H24O7/c1-28-24-23(31-21(26)15-13-18-10-6-3-7-11-18)22(27)19(16-29-24)30-20(25)14-12-17-8-4-2-5-9-17/h2-15,19,22-24,27H,16H2,1H3/b14-12+,15-13+/t19-,22+,23-,24-/m1/s1. The van der Waals surface area contributed by atoms with Crippen molar-refractivity contribution < 1.29 is 33.6 Å². The lowest BCUT2D eigenvalue weighted by atomic mass is 10.0. The third-order valence-corrected chi connectivity index (χ3v) is 4.59. The van der Waals surface area contributed by atoms with Crippen LogP contribution >= 0.6 is 0 Å². The molecular formula is C24H24O7. The number of hydrogen-bond acceptors (Lipinski definition) is 7. The van der Waals surface area contributed by atoms with Gasteiger partial charge in [-0.05, 0) is 23.3 Å². The molecule has 2 aromatic rings. The fourth-order valence-corrected chi connectivity index (χ4v) is 3.01. The van der Waals surface area contributed by atoms with Crippen LogP contribution in [0.1, 0.15) is 11.1 Å². The van der Waals surface area contributed by atoms with Crippen LogP contribution in [0.2, 0.25) is 0 Å². The van der Waals surface area contributed by atoms with E-state index in [-0.39, 0.29) is 6.61 Å². The average molecular weight is 424 g/mol. The summed E-state index contributed by atoms with van der Waals surface area (Å²) in [5, 5.41) is 10.6. The minimum absolute atomic E-state index is 0.0987. The van der Waals surface area contributed by atoms with E-state index in [1.54, 1.807) is 12.2 Å². The van der Waals surface area contributed by atoms with Crippen LogP contribution in [0.5, 0.6) is 0 Å². The van der Waals surface area contributed by atoms with Crippen molar-refractivity contribution in [1.82, 2.24) is 0 Å². The molecule has 1 N–H and O–H groups in total. The van der Waals surface area contributed by atoms with Crippen molar-refractivity contribution in [3.63, 3.8) is 0 Å². The summed E-state index contributed by atoms with van der Waals surface area (Å²) in [4.78, 5) is 24.4. The second-order valence-electron chi connectivity index (χ2n) is 6.79. The Kier molecular flexibility index (Phi) is 8.12. The minimum Gasteiger partial charge on any atom is -0.454 e. The Balaban J connectivity index is 1.60. The highest BCUT2D eigenvalue weighted by molar-refractivity contribution is 5.87. The van der Waals surface area contributed by atoms with Gasteiger partial charge in [-0.2, -0.15) is 0 Å². The molecule has 3 rings (SSSR count). The van der Waals surface area contributed by atoms with Crippen LogP contribution in [0.25, 0.3) is 12.2 Å². The monoisotopic (exact) mass is 424 g/mol. The van der Waals surface area contributed by atoms with Crippen molar-refractivity contribution >= 4 is 24.1 Å². The number of carbonyl (C=O) groups excluding carboxylic acids is 2. The smallest absolute Gasteiger partial charge is 0.331 e. The molecule has 1 aliphatic heterocycles. The van der Waals surface area contributed by atoms with E-state index in [1.165, 1.54) is 19.3 Å². The first-order chi connectivity index (χ1) is 15.1. The average Bonchev–Trinajstić information content (AvgIpc) is 2.80. The van der Waals surface area contributed by atoms with E-state index in [1.807, 2.05) is 60.7 Å². The molecule has 0 aliphatic carbocycles. The molecule has 162 valence electrons. The summed E-state index contributed by atoms with van der Waals surface area (Å²) in [5.74, 6) is -1.34. The zero-order chi connectivity index (χ0) is 22.1. The summed E-state index contributed by atoms with van der Waals surface area (Å²) < 4.78 is 21.3. The maximum Gasteiger partial charge on any atom is 0.331 e. The Morgan fingerprint density at radius 3 is 1.94 bits per heavy atom. The maximum absolute atomic E-state index is 12.2. The molecule has 0 unspecified atom stereocenters. The molecule has 31 heavy (non-hydrogen) atoms. The van der Waals surface area contributed by atoms with Gasteiger partial charge in [0, 0.05) is 19.3 Å². The zero-order valence-electron chi connectivity index (χ0n) is 17.0. The van der Waals surface area contributed by atoms with Gasteiger partial charge in [-0.25, -0.2) is 9.59 Å². The van der Waals surface area contributed by atoms with Crippen molar-refractivity contribution in [3.05, 3.63) is 83.9 Å². The van der Waals surface area contributed by atoms with Gasteiger partial charge >= 0.3 is 11.9 Å². The Morgan fingerprint density at radius 1 is 0.903 bits per heavy atom. The van der Waals surface area contributed by atoms with E-state index in [2.05, 4.69) is 0 Å². The Morgan fingerprint density at radius 2 is 1.42 bits per heavy atom. The predicted octanol–water partition coefficient (Wildman–Crippen LogP) is 2.60. The lowest BCUT2D eigenvalue weighted by Gasteiger charge is -2.37. The number of hydrogen-bond donors (Lipinski definition) is 1. The number of aliphatic hydroxyl groups is 1. The number of esters is 2. The number of rotatable bonds is 7. The Hall–Kier alpha value is -3.26. The number of aliphatic hydroxyl groups excluding tert-OH is 1. The molecule has 0 bridgehead atoms. The van der Waals surface area contributed by atoms with Crippen LogP contribution in [0.3, 0.4) is 0 Å². The van der Waals surface area contributed by atoms with Gasteiger partial charge in [0.2, 0.25) is 0 Å². The SMILES string of the molecule is CO[C@@H]1OC[C@@H](OC(=O)/C=C/c2ccccc2)[C@H](O)[C@H]1OC(=O)/C=C/c1ccccc1. The van der Waals surface area contributed by atoms with Gasteiger partial charge in [0.05, 0.1) is 6.61 Å². The maximum atomic E-state index is 12.2. The van der Waals surface area contributed by atoms with Gasteiger partial charge in [0.1, 0.15) is 6.10 Å². The minimum atomic E-state index is -1.32. The molecule has 0 radical (unpaired) electrons. The van der Waals surface area contributed by atoms with Crippen molar-refractivity contribution in [2.24, 2.45) is 0 Å². The molecule has 2 aromatic carbocycles. The van der Waals surface area contributed by atoms with E-state index in [0.29, 0.717) is 0 Å². The van der Waals surface area contributed by atoms with Gasteiger partial charge in [0.15, 0.2) is 18.5 Å². The Labute approximate surface area is 180 Å². The molecule has 1 saturated heterocycles. The fourth-order valence-electron chi connectivity index (χ4n) is 3.01. The molecule has 1 aliphatic rings. The van der Waals surface area contributed by atoms with Gasteiger partial charge in [0.25, 0.3) is 0 Å². The third kappa shape index (κ3) is 6.62. The zero-order valence-corrected chi connectivity index (χ0v) is 17.0. The fraction of sp³-hybridized carbons (Fsp3) is 0.250. The van der Waals surface area contributed by atoms with E-state index >= 15 is 0 Å². The number of carbonyl (C=O) groups is 2. The van der Waals surface area contributed by atoms with Crippen LogP contribution in [0.4, 0.5) is 0 Å². The van der Waals surface area contributed by atoms with Crippen LogP contribution < -0.4 is 0 Å². The summed E-state index contributed by atoms with van der Waals surface area (Å²) in [6.07, 6.45) is 1.20. The highest BCUT2D eigenvalue weighted by Crippen LogP contribution is 2.22. The molecular weight excluding hydrogens is 400 g/mol. The van der Waals surface area contributed by atoms with Gasteiger partial charge in [-0.15, -0.1) is 0 Å². The van der Waals surface area contributed by atoms with Crippen LogP contribution in [-0.4, -0.2) is 55.4 Å². The summed E-state index contributed by atoms with van der Waals surface area (Å²) in [7, 11) is 1.37. The van der Waals surface area contributed by atoms with Crippen molar-refractivity contribution in [3.8, 4) is 0 Å². The van der Waals surface area contributed by atoms with E-state index in [4.69, 9.17) is 18.9 Å². The topological polar surface area (TPSA) is 91.3 Å². The van der Waals surface area contributed by atoms with Crippen LogP contribution in [0.15, 0.2) is 72.8 Å². The molecule has 0 amide bonds. The third-order valence-electron chi connectivity index (χ3n) is 4.59. The Bertz CT molecular complexity index is 908. The van der Waals surface area contributed by atoms with Crippen LogP contribution in [-0.2, 0) is 28.5 Å². The second kappa shape index (κ2) is 11.2. The largest absolute Gasteiger partial charge is 0.454 e. The summed E-state index contributed by atoms with van der Waals surface area (Å²) in [5.41, 5.74) is 1.65. The first-order valence-electron chi connectivity index (χ1n) is 9.77. The number of ether oxygens (including phenoxy) is 4. The predicted molar refractivity (Wildman–Crippen MR) is 113 cm³/mol. The second-order valence-corrected chi connectivity index (χ2v) is 6.79. The molecule has 1 heterocycles. The molecule has 1 fully saturated rings. The highest BCUT2D eigenvalue weighted by Gasteiger charge is 2.44. The molecule has 0 aromatic heterocycles. The van der Waals surface area contributed by atoms with E-state index < -0.39 is 36.5 Å². The van der Waals surface area contributed by atoms with Gasteiger partial charge < -0.3 is 24.1 Å². The van der Waals surface area contributed by atoms with Crippen LogP contribution in [0, 0.1) is 0 Å². The van der Waals surface area contributed by atoms with Crippen molar-refractivity contribution in [2.45, 2.75) is 24.6 Å². The van der Waals surface area contributed by atoms with Crippen molar-refractivity contribution in [1.29, 1.82) is 0 Å². The highest BCUT2D eigenvalue weighted by atomic mass is 16.7. The molecule has 0 spiro atoms. The summed E-state index contributed by atoms with van der Waals surface area (Å²) >= 11 is 0.